The van der Waals surface area contributed by atoms with Crippen molar-refractivity contribution in [2.75, 3.05) is 19.0 Å². The summed E-state index contributed by atoms with van der Waals surface area (Å²) in [7, 11) is 1.58. The van der Waals surface area contributed by atoms with Gasteiger partial charge in [-0.05, 0) is 25.5 Å². The van der Waals surface area contributed by atoms with Crippen LogP contribution in [0.5, 0.6) is 0 Å². The zero-order valence-electron chi connectivity index (χ0n) is 12.3. The highest BCUT2D eigenvalue weighted by Crippen LogP contribution is 2.18. The molecule has 2 heterocycles. The second-order valence-electron chi connectivity index (χ2n) is 4.55. The third-order valence-corrected chi connectivity index (χ3v) is 3.68. The lowest BCUT2D eigenvalue weighted by molar-refractivity contribution is 0.158. The fourth-order valence-corrected chi connectivity index (χ4v) is 2.61. The third kappa shape index (κ3) is 4.30. The topological polar surface area (TPSA) is 76.4 Å². The maximum atomic E-state index is 12.0. The number of nitrogens with zero attached hydrogens (tertiary/aromatic N) is 1. The van der Waals surface area contributed by atoms with Crippen molar-refractivity contribution in [3.05, 3.63) is 34.7 Å². The van der Waals surface area contributed by atoms with E-state index < -0.39 is 0 Å². The number of furan rings is 1. The summed E-state index contributed by atoms with van der Waals surface area (Å²) in [5.74, 6) is 1.46. The fraction of sp³-hybridized carbons (Fsp3) is 0.429. The Morgan fingerprint density at radius 1 is 1.52 bits per heavy atom. The molecule has 0 unspecified atom stereocenters. The number of amides is 2. The Hall–Kier alpha value is -1.86. The molecule has 0 spiro atoms. The summed E-state index contributed by atoms with van der Waals surface area (Å²) >= 11 is 1.41. The first-order valence-electron chi connectivity index (χ1n) is 6.69. The van der Waals surface area contributed by atoms with Crippen molar-refractivity contribution in [1.29, 1.82) is 0 Å². The quantitative estimate of drug-likeness (QED) is 0.859. The maximum Gasteiger partial charge on any atom is 0.321 e. The zero-order valence-corrected chi connectivity index (χ0v) is 13.1. The van der Waals surface area contributed by atoms with Crippen LogP contribution in [0.3, 0.4) is 0 Å². The maximum absolute atomic E-state index is 12.0. The summed E-state index contributed by atoms with van der Waals surface area (Å²) in [6, 6.07) is 3.02. The number of nitrogens with one attached hydrogen (secondary N) is 2. The van der Waals surface area contributed by atoms with Gasteiger partial charge in [0.2, 0.25) is 0 Å². The molecule has 7 heteroatoms. The van der Waals surface area contributed by atoms with Crippen molar-refractivity contribution in [1.82, 2.24) is 10.3 Å². The van der Waals surface area contributed by atoms with Gasteiger partial charge in [-0.3, -0.25) is 5.32 Å². The molecule has 0 aliphatic rings. The number of carbonyl (C=O) groups excluding carboxylic acids is 1. The van der Waals surface area contributed by atoms with Gasteiger partial charge >= 0.3 is 6.03 Å². The number of ether oxygens (including phenoxy) is 1. The molecule has 0 saturated heterocycles. The Kier molecular flexibility index (Phi) is 5.35. The lowest BCUT2D eigenvalue weighted by Crippen LogP contribution is -2.34. The monoisotopic (exact) mass is 309 g/mol. The first-order chi connectivity index (χ1) is 10.1. The Labute approximate surface area is 127 Å². The average molecular weight is 309 g/mol. The Morgan fingerprint density at radius 3 is 2.90 bits per heavy atom. The molecule has 2 amide bonds. The van der Waals surface area contributed by atoms with Crippen molar-refractivity contribution < 1.29 is 13.9 Å². The first kappa shape index (κ1) is 15.5. The predicted molar refractivity (Wildman–Crippen MR) is 81.7 cm³/mol. The smallest absolute Gasteiger partial charge is 0.321 e. The van der Waals surface area contributed by atoms with Crippen LogP contribution >= 0.6 is 11.3 Å². The van der Waals surface area contributed by atoms with Gasteiger partial charge in [-0.2, -0.15) is 0 Å². The van der Waals surface area contributed by atoms with E-state index in [1.165, 1.54) is 11.3 Å². The van der Waals surface area contributed by atoms with Crippen molar-refractivity contribution in [3.63, 3.8) is 0 Å². The fourth-order valence-electron chi connectivity index (χ4n) is 1.82. The van der Waals surface area contributed by atoms with Gasteiger partial charge in [0, 0.05) is 12.5 Å². The van der Waals surface area contributed by atoms with E-state index in [0.29, 0.717) is 17.5 Å². The molecule has 114 valence electrons. The molecule has 0 radical (unpaired) electrons. The number of anilines is 1. The van der Waals surface area contributed by atoms with Gasteiger partial charge in [0.05, 0.1) is 12.3 Å². The normalized spacial score (nSPS) is 12.1. The van der Waals surface area contributed by atoms with E-state index in [-0.39, 0.29) is 12.1 Å². The molecule has 0 fully saturated rings. The van der Waals surface area contributed by atoms with Crippen LogP contribution in [0.2, 0.25) is 0 Å². The van der Waals surface area contributed by atoms with Gasteiger partial charge in [0.25, 0.3) is 0 Å². The van der Waals surface area contributed by atoms with E-state index in [0.717, 1.165) is 17.9 Å². The van der Waals surface area contributed by atoms with E-state index in [4.69, 9.17) is 9.15 Å². The molecule has 0 aliphatic carbocycles. The molecule has 21 heavy (non-hydrogen) atoms. The standard InChI is InChI=1S/C14H19N3O3S/c1-4-10-8-21-14(15-10)17-13(18)16-11(7-19-3)12-6-5-9(2)20-12/h5-6,8,11H,4,7H2,1-3H3,(H2,15,16,17,18)/t11-/m0/s1. The Morgan fingerprint density at radius 2 is 2.33 bits per heavy atom. The number of hydrogen-bond acceptors (Lipinski definition) is 5. The number of thiazole rings is 1. The van der Waals surface area contributed by atoms with Crippen LogP contribution in [0.4, 0.5) is 9.93 Å². The van der Waals surface area contributed by atoms with Gasteiger partial charge < -0.3 is 14.5 Å². The van der Waals surface area contributed by atoms with Crippen molar-refractivity contribution in [2.24, 2.45) is 0 Å². The highest BCUT2D eigenvalue weighted by Gasteiger charge is 2.18. The molecule has 2 N–H and O–H groups in total. The zero-order chi connectivity index (χ0) is 15.2. The molecule has 2 aromatic heterocycles. The molecule has 0 saturated carbocycles. The highest BCUT2D eigenvalue weighted by atomic mass is 32.1. The van der Waals surface area contributed by atoms with Crippen LogP contribution in [0, 0.1) is 6.92 Å². The lowest BCUT2D eigenvalue weighted by atomic mass is 10.2. The van der Waals surface area contributed by atoms with Crippen LogP contribution in [-0.2, 0) is 11.2 Å². The number of aromatic nitrogens is 1. The minimum absolute atomic E-state index is 0.330. The summed E-state index contributed by atoms with van der Waals surface area (Å²) in [5.41, 5.74) is 0.963. The molecule has 6 nitrogen and oxygen atoms in total. The van der Waals surface area contributed by atoms with Crippen LogP contribution in [0.1, 0.15) is 30.2 Å². The number of aryl methyl sites for hydroxylation is 2. The predicted octanol–water partition coefficient (Wildman–Crippen LogP) is 3.12. The van der Waals surface area contributed by atoms with Gasteiger partial charge in [-0.25, -0.2) is 9.78 Å². The summed E-state index contributed by atoms with van der Waals surface area (Å²) < 4.78 is 10.7. The second-order valence-corrected chi connectivity index (χ2v) is 5.41. The van der Waals surface area contributed by atoms with Gasteiger partial charge in [-0.15, -0.1) is 11.3 Å². The number of rotatable bonds is 6. The molecule has 0 aliphatic heterocycles. The average Bonchev–Trinajstić information content (AvgIpc) is 3.07. The molecule has 2 aromatic rings. The number of urea groups is 1. The molecule has 2 rings (SSSR count). The minimum Gasteiger partial charge on any atom is -0.464 e. The Bertz CT molecular complexity index is 594. The van der Waals surface area contributed by atoms with Crippen molar-refractivity contribution in [2.45, 2.75) is 26.3 Å². The summed E-state index contributed by atoms with van der Waals surface area (Å²) in [5, 5.41) is 8.05. The molecule has 0 bridgehead atoms. The molecular formula is C14H19N3O3S. The van der Waals surface area contributed by atoms with Crippen LogP contribution in [0.25, 0.3) is 0 Å². The highest BCUT2D eigenvalue weighted by molar-refractivity contribution is 7.13. The van der Waals surface area contributed by atoms with Gasteiger partial charge in [0.1, 0.15) is 17.6 Å². The summed E-state index contributed by atoms with van der Waals surface area (Å²) in [6.07, 6.45) is 0.845. The van der Waals surface area contributed by atoms with Crippen molar-refractivity contribution in [3.8, 4) is 0 Å². The van der Waals surface area contributed by atoms with Crippen LogP contribution in [0.15, 0.2) is 21.9 Å². The van der Waals surface area contributed by atoms with Crippen LogP contribution < -0.4 is 10.6 Å². The van der Waals surface area contributed by atoms with Crippen LogP contribution in [-0.4, -0.2) is 24.7 Å². The molecule has 0 aromatic carbocycles. The summed E-state index contributed by atoms with van der Waals surface area (Å²) in [6.45, 7) is 4.21. The summed E-state index contributed by atoms with van der Waals surface area (Å²) in [4.78, 5) is 16.3. The SMILES string of the molecule is CCc1csc(NC(=O)N[C@@H](COC)c2ccc(C)o2)n1. The van der Waals surface area contributed by atoms with Gasteiger partial charge in [0.15, 0.2) is 5.13 Å². The minimum atomic E-state index is -0.339. The second kappa shape index (κ2) is 7.24. The van der Waals surface area contributed by atoms with E-state index in [2.05, 4.69) is 15.6 Å². The lowest BCUT2D eigenvalue weighted by Gasteiger charge is -2.15. The van der Waals surface area contributed by atoms with E-state index in [9.17, 15) is 4.79 Å². The van der Waals surface area contributed by atoms with E-state index in [1.807, 2.05) is 31.4 Å². The largest absolute Gasteiger partial charge is 0.464 e. The molecule has 1 atom stereocenters. The van der Waals surface area contributed by atoms with E-state index >= 15 is 0 Å². The Balaban J connectivity index is 1.97. The van der Waals surface area contributed by atoms with Gasteiger partial charge in [-0.1, -0.05) is 6.92 Å². The number of carbonyl (C=O) groups is 1. The number of methoxy groups -OCH3 is 1. The van der Waals surface area contributed by atoms with Crippen molar-refractivity contribution >= 4 is 22.5 Å². The third-order valence-electron chi connectivity index (χ3n) is 2.88. The number of hydrogen-bond donors (Lipinski definition) is 2. The molecular weight excluding hydrogens is 290 g/mol. The van der Waals surface area contributed by atoms with E-state index in [1.54, 1.807) is 7.11 Å². The first-order valence-corrected chi connectivity index (χ1v) is 7.57.